The van der Waals surface area contributed by atoms with Crippen LogP contribution in [0.1, 0.15) is 29.9 Å². The molecule has 1 aromatic heterocycles. The number of rotatable bonds is 3. The van der Waals surface area contributed by atoms with Gasteiger partial charge in [0.15, 0.2) is 0 Å². The zero-order valence-electron chi connectivity index (χ0n) is 14.8. The van der Waals surface area contributed by atoms with Crippen molar-refractivity contribution < 1.29 is 8.42 Å². The Morgan fingerprint density at radius 2 is 1.89 bits per heavy atom. The van der Waals surface area contributed by atoms with Gasteiger partial charge in [0.1, 0.15) is 5.82 Å². The van der Waals surface area contributed by atoms with E-state index in [1.54, 1.807) is 24.4 Å². The molecule has 0 amide bonds. The average molecular weight is 379 g/mol. The van der Waals surface area contributed by atoms with Gasteiger partial charge in [0, 0.05) is 23.0 Å². The summed E-state index contributed by atoms with van der Waals surface area (Å²) in [7, 11) is -3.77. The lowest BCUT2D eigenvalue weighted by Gasteiger charge is -2.49. The van der Waals surface area contributed by atoms with Crippen molar-refractivity contribution in [2.24, 2.45) is 11.1 Å². The highest BCUT2D eigenvalue weighted by molar-refractivity contribution is 7.89. The number of nitrogens with two attached hydrogens (primary N) is 1. The number of hydrogen-bond acceptors (Lipinski definition) is 4. The van der Waals surface area contributed by atoms with Crippen LogP contribution in [0.5, 0.6) is 0 Å². The first-order valence-corrected chi connectivity index (χ1v) is 10.8. The van der Waals surface area contributed by atoms with Crippen molar-refractivity contribution in [2.75, 3.05) is 5.32 Å². The highest BCUT2D eigenvalue weighted by Crippen LogP contribution is 2.50. The van der Waals surface area contributed by atoms with Crippen LogP contribution in [0.25, 0.3) is 10.8 Å². The van der Waals surface area contributed by atoms with Gasteiger partial charge in [-0.25, -0.2) is 18.5 Å². The van der Waals surface area contributed by atoms with Crippen molar-refractivity contribution in [3.8, 4) is 0 Å². The summed E-state index contributed by atoms with van der Waals surface area (Å²) in [4.78, 5) is 4.63. The molecule has 3 unspecified atom stereocenters. The fraction of sp³-hybridized carbons (Fsp3) is 0.286. The van der Waals surface area contributed by atoms with Gasteiger partial charge in [-0.1, -0.05) is 36.4 Å². The van der Waals surface area contributed by atoms with E-state index < -0.39 is 10.0 Å². The molecule has 0 radical (unpaired) electrons. The molecule has 6 heteroatoms. The fourth-order valence-electron chi connectivity index (χ4n) is 4.80. The van der Waals surface area contributed by atoms with Crippen molar-refractivity contribution >= 4 is 26.6 Å². The average Bonchev–Trinajstić information content (AvgIpc) is 2.64. The Morgan fingerprint density at radius 1 is 1.04 bits per heavy atom. The fourth-order valence-corrected chi connectivity index (χ4v) is 5.55. The van der Waals surface area contributed by atoms with Gasteiger partial charge >= 0.3 is 0 Å². The molecular formula is C21H21N3O2S. The zero-order valence-corrected chi connectivity index (χ0v) is 15.6. The number of nitrogens with zero attached hydrogens (tertiary/aromatic N) is 1. The maximum absolute atomic E-state index is 11.9. The molecule has 3 aromatic rings. The molecule has 1 saturated carbocycles. The van der Waals surface area contributed by atoms with Gasteiger partial charge in [-0.15, -0.1) is 0 Å². The normalized spacial score (nSPS) is 24.0. The van der Waals surface area contributed by atoms with E-state index in [0.717, 1.165) is 24.0 Å². The smallest absolute Gasteiger partial charge is 0.238 e. The van der Waals surface area contributed by atoms with Crippen molar-refractivity contribution in [2.45, 2.75) is 36.1 Å². The zero-order chi connectivity index (χ0) is 18.6. The van der Waals surface area contributed by atoms with E-state index in [2.05, 4.69) is 34.6 Å². The highest BCUT2D eigenvalue weighted by atomic mass is 32.2. The minimum absolute atomic E-state index is 0.142. The molecule has 2 aliphatic rings. The number of benzene rings is 2. The third kappa shape index (κ3) is 2.71. The predicted octanol–water partition coefficient (Wildman–Crippen LogP) is 3.41. The van der Waals surface area contributed by atoms with E-state index in [-0.39, 0.29) is 4.90 Å². The Balaban J connectivity index is 1.46. The van der Waals surface area contributed by atoms with Crippen LogP contribution < -0.4 is 10.5 Å². The summed E-state index contributed by atoms with van der Waals surface area (Å²) >= 11 is 0. The van der Waals surface area contributed by atoms with E-state index in [1.807, 2.05) is 6.07 Å². The minimum atomic E-state index is -3.77. The van der Waals surface area contributed by atoms with Gasteiger partial charge in [0.2, 0.25) is 10.0 Å². The monoisotopic (exact) mass is 379 g/mol. The second kappa shape index (κ2) is 6.04. The molecule has 0 saturated heterocycles. The first-order chi connectivity index (χ1) is 13.0. The second-order valence-corrected chi connectivity index (χ2v) is 9.08. The quantitative estimate of drug-likeness (QED) is 0.730. The molecule has 138 valence electrons. The van der Waals surface area contributed by atoms with Gasteiger partial charge in [0.05, 0.1) is 4.90 Å². The highest BCUT2D eigenvalue weighted by Gasteiger charge is 2.44. The minimum Gasteiger partial charge on any atom is -0.367 e. The Kier molecular flexibility index (Phi) is 3.74. The van der Waals surface area contributed by atoms with Gasteiger partial charge in [-0.3, -0.25) is 0 Å². The summed E-state index contributed by atoms with van der Waals surface area (Å²) in [5, 5.41) is 10.4. The lowest BCUT2D eigenvalue weighted by atomic mass is 9.60. The predicted molar refractivity (Wildman–Crippen MR) is 106 cm³/mol. The molecular weight excluding hydrogens is 358 g/mol. The number of sulfonamides is 1. The topological polar surface area (TPSA) is 85.1 Å². The SMILES string of the molecule is NS(=O)(=O)c1cccc2c(NC3CC4c5ccccc5CCC34)nccc12. The van der Waals surface area contributed by atoms with Crippen LogP contribution in [0, 0.1) is 5.92 Å². The second-order valence-electron chi connectivity index (χ2n) is 7.55. The molecule has 1 heterocycles. The number of primary sulfonamides is 1. The summed E-state index contributed by atoms with van der Waals surface area (Å²) in [6.45, 7) is 0. The van der Waals surface area contributed by atoms with Crippen LogP contribution in [0.3, 0.4) is 0 Å². The Morgan fingerprint density at radius 3 is 2.74 bits per heavy atom. The molecule has 2 aliphatic carbocycles. The summed E-state index contributed by atoms with van der Waals surface area (Å²) in [6, 6.07) is 16.0. The maximum atomic E-state index is 11.9. The number of fused-ring (bicyclic) bond motifs is 4. The third-order valence-electron chi connectivity index (χ3n) is 6.14. The van der Waals surface area contributed by atoms with Crippen molar-refractivity contribution in [1.29, 1.82) is 0 Å². The van der Waals surface area contributed by atoms with Gasteiger partial charge < -0.3 is 5.32 Å². The van der Waals surface area contributed by atoms with Crippen molar-refractivity contribution in [3.05, 3.63) is 65.9 Å². The molecule has 5 rings (SSSR count). The van der Waals surface area contributed by atoms with Crippen molar-refractivity contribution in [1.82, 2.24) is 4.98 Å². The maximum Gasteiger partial charge on any atom is 0.238 e. The number of nitrogens with one attached hydrogen (secondary N) is 1. The van der Waals surface area contributed by atoms with E-state index in [1.165, 1.54) is 17.5 Å². The molecule has 3 atom stereocenters. The Labute approximate surface area is 158 Å². The van der Waals surface area contributed by atoms with Gasteiger partial charge in [-0.2, -0.15) is 0 Å². The van der Waals surface area contributed by atoms with Gasteiger partial charge in [-0.05, 0) is 54.4 Å². The van der Waals surface area contributed by atoms with Crippen LogP contribution in [0.2, 0.25) is 0 Å². The summed E-state index contributed by atoms with van der Waals surface area (Å²) in [5.74, 6) is 1.95. The largest absolute Gasteiger partial charge is 0.367 e. The lowest BCUT2D eigenvalue weighted by molar-refractivity contribution is 0.194. The summed E-state index contributed by atoms with van der Waals surface area (Å²) in [6.07, 6.45) is 5.01. The summed E-state index contributed by atoms with van der Waals surface area (Å²) < 4.78 is 23.8. The molecule has 0 spiro atoms. The molecule has 0 bridgehead atoms. The standard InChI is InChI=1S/C21H21N3O2S/c22-27(25,26)20-7-3-6-17-16(20)10-11-23-21(17)24-19-12-18-14-5-2-1-4-13(14)8-9-15(18)19/h1-7,10-11,15,18-19H,8-9,12H2,(H,23,24)(H2,22,25,26). The number of anilines is 1. The first kappa shape index (κ1) is 16.7. The van der Waals surface area contributed by atoms with E-state index >= 15 is 0 Å². The third-order valence-corrected chi connectivity index (χ3v) is 7.11. The van der Waals surface area contributed by atoms with Crippen LogP contribution in [0.4, 0.5) is 5.82 Å². The van der Waals surface area contributed by atoms with E-state index in [0.29, 0.717) is 23.3 Å². The molecule has 2 aromatic carbocycles. The van der Waals surface area contributed by atoms with Crippen molar-refractivity contribution in [3.63, 3.8) is 0 Å². The molecule has 5 nitrogen and oxygen atoms in total. The van der Waals surface area contributed by atoms with Crippen LogP contribution in [-0.2, 0) is 16.4 Å². The van der Waals surface area contributed by atoms with Crippen LogP contribution in [-0.4, -0.2) is 19.4 Å². The molecule has 0 aliphatic heterocycles. The Hall–Kier alpha value is -2.44. The Bertz CT molecular complexity index is 1140. The number of hydrogen-bond donors (Lipinski definition) is 2. The molecule has 1 fully saturated rings. The van der Waals surface area contributed by atoms with Gasteiger partial charge in [0.25, 0.3) is 0 Å². The number of pyridine rings is 1. The van der Waals surface area contributed by atoms with Crippen LogP contribution >= 0.6 is 0 Å². The molecule has 27 heavy (non-hydrogen) atoms. The van der Waals surface area contributed by atoms with E-state index in [9.17, 15) is 8.42 Å². The molecule has 3 N–H and O–H groups in total. The first-order valence-electron chi connectivity index (χ1n) is 9.27. The van der Waals surface area contributed by atoms with Crippen LogP contribution in [0.15, 0.2) is 59.6 Å². The lowest BCUT2D eigenvalue weighted by Crippen LogP contribution is -2.47. The van der Waals surface area contributed by atoms with E-state index in [4.69, 9.17) is 5.14 Å². The summed E-state index contributed by atoms with van der Waals surface area (Å²) in [5.41, 5.74) is 2.98. The number of aromatic nitrogens is 1. The number of aryl methyl sites for hydroxylation is 1.